The number of nitrogens with zero attached hydrogens (tertiary/aromatic N) is 1. The normalized spacial score (nSPS) is 37.1. The van der Waals surface area contributed by atoms with Crippen molar-refractivity contribution in [3.05, 3.63) is 0 Å². The lowest BCUT2D eigenvalue weighted by Gasteiger charge is -2.40. The zero-order chi connectivity index (χ0) is 15.6. The first kappa shape index (κ1) is 16.1. The summed E-state index contributed by atoms with van der Waals surface area (Å²) in [5, 5.41) is 12.5. The van der Waals surface area contributed by atoms with Gasteiger partial charge in [-0.1, -0.05) is 20.8 Å². The van der Waals surface area contributed by atoms with E-state index in [1.54, 1.807) is 0 Å². The van der Waals surface area contributed by atoms with Crippen LogP contribution < -0.4 is 5.32 Å². The minimum atomic E-state index is -0.886. The average Bonchev–Trinajstić information content (AvgIpc) is 2.41. The molecule has 5 nitrogen and oxygen atoms in total. The highest BCUT2D eigenvalue weighted by atomic mass is 16.4. The second-order valence-electron chi connectivity index (χ2n) is 7.05. The standard InChI is InChI=1S/C16H28N2O3/c1-10-6-7-13(12(3)9-10)17-16(21)18-8-4-5-11(2)14(18)15(19)20/h10-14H,4-9H2,1-3H3,(H,17,21)(H,19,20). The third kappa shape index (κ3) is 3.69. The molecule has 2 aliphatic rings. The van der Waals surface area contributed by atoms with E-state index in [1.165, 1.54) is 4.90 Å². The number of hydrogen-bond donors (Lipinski definition) is 2. The van der Waals surface area contributed by atoms with Gasteiger partial charge in [-0.2, -0.15) is 0 Å². The van der Waals surface area contributed by atoms with Crippen LogP contribution in [0.5, 0.6) is 0 Å². The van der Waals surface area contributed by atoms with E-state index in [1.807, 2.05) is 6.92 Å². The van der Waals surface area contributed by atoms with Crippen LogP contribution in [0.3, 0.4) is 0 Å². The maximum absolute atomic E-state index is 12.5. The molecule has 1 aliphatic carbocycles. The Morgan fingerprint density at radius 1 is 1.10 bits per heavy atom. The zero-order valence-electron chi connectivity index (χ0n) is 13.3. The van der Waals surface area contributed by atoms with Gasteiger partial charge in [0.2, 0.25) is 0 Å². The number of nitrogens with one attached hydrogen (secondary N) is 1. The van der Waals surface area contributed by atoms with Crippen molar-refractivity contribution in [2.75, 3.05) is 6.54 Å². The molecule has 2 fully saturated rings. The van der Waals surface area contributed by atoms with Gasteiger partial charge in [-0.25, -0.2) is 9.59 Å². The Balaban J connectivity index is 1.99. The van der Waals surface area contributed by atoms with Crippen LogP contribution in [0.1, 0.15) is 52.9 Å². The molecule has 2 N–H and O–H groups in total. The number of hydrogen-bond acceptors (Lipinski definition) is 2. The van der Waals surface area contributed by atoms with E-state index in [-0.39, 0.29) is 18.0 Å². The fourth-order valence-corrected chi connectivity index (χ4v) is 3.91. The van der Waals surface area contributed by atoms with Gasteiger partial charge in [0.25, 0.3) is 0 Å². The van der Waals surface area contributed by atoms with Crippen LogP contribution >= 0.6 is 0 Å². The highest BCUT2D eigenvalue weighted by Gasteiger charge is 2.38. The van der Waals surface area contributed by atoms with E-state index < -0.39 is 12.0 Å². The molecular weight excluding hydrogens is 268 g/mol. The van der Waals surface area contributed by atoms with E-state index in [0.29, 0.717) is 12.5 Å². The third-order valence-electron chi connectivity index (χ3n) is 5.19. The minimum absolute atomic E-state index is 0.0193. The number of rotatable bonds is 2. The van der Waals surface area contributed by atoms with Gasteiger partial charge in [-0.3, -0.25) is 0 Å². The molecule has 0 spiro atoms. The predicted octanol–water partition coefficient (Wildman–Crippen LogP) is 2.71. The van der Waals surface area contributed by atoms with Gasteiger partial charge >= 0.3 is 12.0 Å². The van der Waals surface area contributed by atoms with Crippen LogP contribution in [0.2, 0.25) is 0 Å². The number of carboxylic acids is 1. The predicted molar refractivity (Wildman–Crippen MR) is 81.0 cm³/mol. The van der Waals surface area contributed by atoms with E-state index in [9.17, 15) is 14.7 Å². The lowest BCUT2D eigenvalue weighted by atomic mass is 9.80. The van der Waals surface area contributed by atoms with Crippen molar-refractivity contribution in [3.63, 3.8) is 0 Å². The molecule has 2 rings (SSSR count). The Bertz CT molecular complexity index is 399. The Morgan fingerprint density at radius 2 is 1.81 bits per heavy atom. The molecule has 1 saturated heterocycles. The fraction of sp³-hybridized carbons (Fsp3) is 0.875. The summed E-state index contributed by atoms with van der Waals surface area (Å²) in [6, 6.07) is -0.697. The first-order chi connectivity index (χ1) is 9.90. The van der Waals surface area contributed by atoms with Crippen molar-refractivity contribution < 1.29 is 14.7 Å². The molecule has 0 aromatic rings. The molecule has 5 heteroatoms. The second kappa shape index (κ2) is 6.67. The summed E-state index contributed by atoms with van der Waals surface area (Å²) in [5.41, 5.74) is 0. The second-order valence-corrected chi connectivity index (χ2v) is 7.05. The van der Waals surface area contributed by atoms with Crippen molar-refractivity contribution in [1.29, 1.82) is 0 Å². The SMILES string of the molecule is CC1CCC(NC(=O)N2CCCC(C)C2C(=O)O)C(C)C1. The number of amides is 2. The molecular formula is C16H28N2O3. The van der Waals surface area contributed by atoms with Crippen LogP contribution in [0.15, 0.2) is 0 Å². The van der Waals surface area contributed by atoms with Crippen LogP contribution in [-0.2, 0) is 4.79 Å². The van der Waals surface area contributed by atoms with Crippen LogP contribution in [-0.4, -0.2) is 40.6 Å². The quantitative estimate of drug-likeness (QED) is 0.823. The Morgan fingerprint density at radius 3 is 2.43 bits per heavy atom. The molecule has 0 radical (unpaired) electrons. The average molecular weight is 296 g/mol. The molecule has 0 aromatic heterocycles. The molecule has 1 heterocycles. The summed E-state index contributed by atoms with van der Waals surface area (Å²) in [6.45, 7) is 6.89. The topological polar surface area (TPSA) is 69.6 Å². The van der Waals surface area contributed by atoms with Gasteiger partial charge in [-0.05, 0) is 49.9 Å². The number of carbonyl (C=O) groups is 2. The zero-order valence-corrected chi connectivity index (χ0v) is 13.3. The Labute approximate surface area is 127 Å². The monoisotopic (exact) mass is 296 g/mol. The molecule has 21 heavy (non-hydrogen) atoms. The number of likely N-dealkylation sites (tertiary alicyclic amines) is 1. The minimum Gasteiger partial charge on any atom is -0.480 e. The summed E-state index contributed by atoms with van der Waals surface area (Å²) in [7, 11) is 0. The third-order valence-corrected chi connectivity index (χ3v) is 5.19. The van der Waals surface area contributed by atoms with Gasteiger partial charge in [0.1, 0.15) is 6.04 Å². The number of carbonyl (C=O) groups excluding carboxylic acids is 1. The Kier molecular flexibility index (Phi) is 5.12. The van der Waals surface area contributed by atoms with Gasteiger partial charge in [0, 0.05) is 12.6 Å². The number of carboxylic acid groups (broad SMARTS) is 1. The van der Waals surface area contributed by atoms with E-state index >= 15 is 0 Å². The highest BCUT2D eigenvalue weighted by Crippen LogP contribution is 2.29. The maximum atomic E-state index is 12.5. The lowest BCUT2D eigenvalue weighted by molar-refractivity contribution is -0.145. The first-order valence-corrected chi connectivity index (χ1v) is 8.20. The van der Waals surface area contributed by atoms with E-state index in [4.69, 9.17) is 0 Å². The van der Waals surface area contributed by atoms with Gasteiger partial charge in [0.05, 0.1) is 0 Å². The van der Waals surface area contributed by atoms with Crippen molar-refractivity contribution in [2.24, 2.45) is 17.8 Å². The fourth-order valence-electron chi connectivity index (χ4n) is 3.91. The number of urea groups is 1. The summed E-state index contributed by atoms with van der Waals surface area (Å²) in [4.78, 5) is 25.5. The summed E-state index contributed by atoms with van der Waals surface area (Å²) < 4.78 is 0. The van der Waals surface area contributed by atoms with E-state index in [2.05, 4.69) is 19.2 Å². The molecule has 1 saturated carbocycles. The van der Waals surface area contributed by atoms with Crippen molar-refractivity contribution in [3.8, 4) is 0 Å². The van der Waals surface area contributed by atoms with E-state index in [0.717, 1.165) is 38.0 Å². The van der Waals surface area contributed by atoms with Gasteiger partial charge < -0.3 is 15.3 Å². The Hall–Kier alpha value is -1.26. The molecule has 5 unspecified atom stereocenters. The number of piperidine rings is 1. The summed E-state index contributed by atoms with van der Waals surface area (Å²) in [5.74, 6) is 0.312. The molecule has 5 atom stereocenters. The smallest absolute Gasteiger partial charge is 0.326 e. The van der Waals surface area contributed by atoms with Crippen LogP contribution in [0, 0.1) is 17.8 Å². The first-order valence-electron chi connectivity index (χ1n) is 8.20. The van der Waals surface area contributed by atoms with Gasteiger partial charge in [0.15, 0.2) is 0 Å². The van der Waals surface area contributed by atoms with Crippen molar-refractivity contribution in [1.82, 2.24) is 10.2 Å². The molecule has 0 bridgehead atoms. The molecule has 120 valence electrons. The summed E-state index contributed by atoms with van der Waals surface area (Å²) in [6.07, 6.45) is 5.01. The van der Waals surface area contributed by atoms with Crippen molar-refractivity contribution in [2.45, 2.75) is 65.0 Å². The number of aliphatic carboxylic acids is 1. The largest absolute Gasteiger partial charge is 0.480 e. The van der Waals surface area contributed by atoms with Crippen molar-refractivity contribution >= 4 is 12.0 Å². The maximum Gasteiger partial charge on any atom is 0.326 e. The van der Waals surface area contributed by atoms with Crippen LogP contribution in [0.4, 0.5) is 4.79 Å². The summed E-state index contributed by atoms with van der Waals surface area (Å²) >= 11 is 0. The lowest BCUT2D eigenvalue weighted by Crippen LogP contribution is -2.57. The molecule has 0 aromatic carbocycles. The highest BCUT2D eigenvalue weighted by molar-refractivity contribution is 5.83. The molecule has 1 aliphatic heterocycles. The molecule has 2 amide bonds. The van der Waals surface area contributed by atoms with Gasteiger partial charge in [-0.15, -0.1) is 0 Å². The van der Waals surface area contributed by atoms with Crippen LogP contribution in [0.25, 0.3) is 0 Å².